The van der Waals surface area contributed by atoms with Crippen LogP contribution in [0.2, 0.25) is 0 Å². The van der Waals surface area contributed by atoms with Crippen molar-refractivity contribution in [2.24, 2.45) is 11.8 Å². The molecule has 1 aliphatic rings. The molecule has 24 heavy (non-hydrogen) atoms. The van der Waals surface area contributed by atoms with Crippen LogP contribution >= 0.6 is 0 Å². The lowest BCUT2D eigenvalue weighted by molar-refractivity contribution is -0.108. The van der Waals surface area contributed by atoms with E-state index in [1.165, 1.54) is 11.1 Å². The normalized spacial score (nSPS) is 33.1. The average molecular weight is 321 g/mol. The molecule has 3 rings (SSSR count). The van der Waals surface area contributed by atoms with Crippen molar-refractivity contribution in [3.05, 3.63) is 84.4 Å². The third kappa shape index (κ3) is 2.92. The second-order valence-corrected chi connectivity index (χ2v) is 7.00. The second kappa shape index (κ2) is 6.92. The molecule has 2 N–H and O–H groups in total. The van der Waals surface area contributed by atoms with E-state index >= 15 is 0 Å². The van der Waals surface area contributed by atoms with Gasteiger partial charge < -0.3 is 10.4 Å². The van der Waals surface area contributed by atoms with Crippen molar-refractivity contribution in [1.82, 2.24) is 5.32 Å². The molecule has 0 amide bonds. The number of rotatable bonds is 4. The van der Waals surface area contributed by atoms with E-state index in [-0.39, 0.29) is 23.9 Å². The van der Waals surface area contributed by atoms with Crippen LogP contribution < -0.4 is 5.32 Å². The Kier molecular flexibility index (Phi) is 4.88. The van der Waals surface area contributed by atoms with Crippen molar-refractivity contribution >= 4 is 0 Å². The minimum atomic E-state index is -0.784. The molecule has 0 aliphatic carbocycles. The molecule has 0 spiro atoms. The molecule has 2 nitrogen and oxygen atoms in total. The summed E-state index contributed by atoms with van der Waals surface area (Å²) in [5.41, 5.74) is 1.66. The van der Waals surface area contributed by atoms with E-state index in [0.717, 1.165) is 0 Å². The molecule has 0 saturated carbocycles. The number of piperidine rings is 1. The largest absolute Gasteiger partial charge is 0.389 e. The Morgan fingerprint density at radius 1 is 0.917 bits per heavy atom. The fourth-order valence-electron chi connectivity index (χ4n) is 4.17. The number of benzene rings is 2. The molecule has 0 radical (unpaired) electrons. The first kappa shape index (κ1) is 16.9. The van der Waals surface area contributed by atoms with Gasteiger partial charge in [-0.25, -0.2) is 0 Å². The smallest absolute Gasteiger partial charge is 0.0768 e. The maximum atomic E-state index is 11.6. The maximum Gasteiger partial charge on any atom is 0.0768 e. The number of aliphatic hydroxyl groups is 1. The highest BCUT2D eigenvalue weighted by Gasteiger charge is 2.50. The Morgan fingerprint density at radius 2 is 1.33 bits per heavy atom. The molecule has 1 fully saturated rings. The molecular weight excluding hydrogens is 294 g/mol. The van der Waals surface area contributed by atoms with Gasteiger partial charge in [-0.05, 0) is 17.5 Å². The van der Waals surface area contributed by atoms with E-state index in [4.69, 9.17) is 0 Å². The molecule has 2 aromatic carbocycles. The molecule has 1 aliphatic heterocycles. The fraction of sp³-hybridized carbons (Fsp3) is 0.364. The zero-order chi connectivity index (χ0) is 17.2. The Bertz CT molecular complexity index is 615. The highest BCUT2D eigenvalue weighted by molar-refractivity contribution is 5.28. The zero-order valence-electron chi connectivity index (χ0n) is 14.5. The summed E-state index contributed by atoms with van der Waals surface area (Å²) in [7, 11) is 0. The number of hydrogen-bond donors (Lipinski definition) is 2. The molecule has 0 aromatic heterocycles. The maximum absolute atomic E-state index is 11.6. The monoisotopic (exact) mass is 321 g/mol. The highest BCUT2D eigenvalue weighted by atomic mass is 16.3. The van der Waals surface area contributed by atoms with Crippen LogP contribution in [0.4, 0.5) is 0 Å². The first-order valence-corrected chi connectivity index (χ1v) is 8.77. The van der Waals surface area contributed by atoms with Gasteiger partial charge in [-0.3, -0.25) is 0 Å². The fourth-order valence-corrected chi connectivity index (χ4v) is 4.17. The van der Waals surface area contributed by atoms with Crippen LogP contribution in [0.25, 0.3) is 0 Å². The first-order chi connectivity index (χ1) is 11.6. The van der Waals surface area contributed by atoms with Gasteiger partial charge in [0, 0.05) is 23.9 Å². The molecule has 0 bridgehead atoms. The lowest BCUT2D eigenvalue weighted by atomic mass is 9.65. The summed E-state index contributed by atoms with van der Waals surface area (Å²) in [5.74, 6) is 0.181. The zero-order valence-corrected chi connectivity index (χ0v) is 14.5. The van der Waals surface area contributed by atoms with Crippen molar-refractivity contribution in [1.29, 1.82) is 0 Å². The summed E-state index contributed by atoms with van der Waals surface area (Å²) in [4.78, 5) is 0. The van der Waals surface area contributed by atoms with Gasteiger partial charge in [0.05, 0.1) is 5.60 Å². The van der Waals surface area contributed by atoms with Gasteiger partial charge >= 0.3 is 0 Å². The van der Waals surface area contributed by atoms with Crippen LogP contribution in [0.1, 0.15) is 43.5 Å². The summed E-state index contributed by atoms with van der Waals surface area (Å²) in [6.07, 6.45) is 2.45. The van der Waals surface area contributed by atoms with E-state index < -0.39 is 5.60 Å². The third-order valence-electron chi connectivity index (χ3n) is 5.72. The van der Waals surface area contributed by atoms with Gasteiger partial charge in [-0.1, -0.05) is 80.6 Å². The summed E-state index contributed by atoms with van der Waals surface area (Å²) in [6, 6.07) is 21.1. The molecule has 126 valence electrons. The van der Waals surface area contributed by atoms with Gasteiger partial charge in [0.25, 0.3) is 0 Å². The van der Waals surface area contributed by atoms with Crippen LogP contribution in [0.3, 0.4) is 0 Å². The summed E-state index contributed by atoms with van der Waals surface area (Å²) < 4.78 is 0. The molecule has 5 atom stereocenters. The SMILES string of the molecule is C=CCC1(O)[C@H](C)[C@H](c2ccccc2)N[C@@H](c2ccccc2)[C@@H]1C. The van der Waals surface area contributed by atoms with Crippen LogP contribution in [-0.2, 0) is 0 Å². The third-order valence-corrected chi connectivity index (χ3v) is 5.72. The lowest BCUT2D eigenvalue weighted by Gasteiger charge is -2.52. The Morgan fingerprint density at radius 3 is 1.71 bits per heavy atom. The minimum Gasteiger partial charge on any atom is -0.389 e. The minimum absolute atomic E-state index is 0.0906. The summed E-state index contributed by atoms with van der Waals surface area (Å²) >= 11 is 0. The molecule has 2 aromatic rings. The van der Waals surface area contributed by atoms with Crippen molar-refractivity contribution in [2.75, 3.05) is 0 Å². The van der Waals surface area contributed by atoms with Crippen LogP contribution in [0, 0.1) is 11.8 Å². The van der Waals surface area contributed by atoms with Crippen molar-refractivity contribution in [3.63, 3.8) is 0 Å². The topological polar surface area (TPSA) is 32.3 Å². The number of hydrogen-bond acceptors (Lipinski definition) is 2. The predicted octanol–water partition coefficient (Wildman–Crippen LogP) is 4.65. The van der Waals surface area contributed by atoms with Crippen molar-refractivity contribution in [2.45, 2.75) is 38.0 Å². The second-order valence-electron chi connectivity index (χ2n) is 7.00. The average Bonchev–Trinajstić information content (AvgIpc) is 2.62. The summed E-state index contributed by atoms with van der Waals surface area (Å²) in [6.45, 7) is 8.17. The standard InChI is InChI=1S/C22H27NO/c1-4-15-22(24)16(2)20(18-11-7-5-8-12-18)23-21(17(22)3)19-13-9-6-10-14-19/h4-14,16-17,20-21,23-24H,1,15H2,2-3H3/t16-,17+,20-,21-,22?/m1/s1. The first-order valence-electron chi connectivity index (χ1n) is 8.77. The van der Waals surface area contributed by atoms with Gasteiger partial charge in [-0.15, -0.1) is 6.58 Å². The van der Waals surface area contributed by atoms with Crippen LogP contribution in [0.15, 0.2) is 73.3 Å². The molecule has 1 heterocycles. The van der Waals surface area contributed by atoms with Crippen molar-refractivity contribution in [3.8, 4) is 0 Å². The molecule has 1 unspecified atom stereocenters. The lowest BCUT2D eigenvalue weighted by Crippen LogP contribution is -2.57. The van der Waals surface area contributed by atoms with Crippen molar-refractivity contribution < 1.29 is 5.11 Å². The predicted molar refractivity (Wildman–Crippen MR) is 99.6 cm³/mol. The molecule has 2 heteroatoms. The summed E-state index contributed by atoms with van der Waals surface area (Å²) in [5, 5.41) is 15.4. The molecular formula is C22H27NO. The van der Waals surface area contributed by atoms with E-state index in [9.17, 15) is 5.11 Å². The van der Waals surface area contributed by atoms with Gasteiger partial charge in [0.2, 0.25) is 0 Å². The quantitative estimate of drug-likeness (QED) is 0.803. The van der Waals surface area contributed by atoms with Gasteiger partial charge in [0.1, 0.15) is 0 Å². The van der Waals surface area contributed by atoms with Crippen LogP contribution in [-0.4, -0.2) is 10.7 Å². The van der Waals surface area contributed by atoms with Gasteiger partial charge in [0.15, 0.2) is 0 Å². The number of nitrogens with one attached hydrogen (secondary N) is 1. The van der Waals surface area contributed by atoms with Crippen LogP contribution in [0.5, 0.6) is 0 Å². The van der Waals surface area contributed by atoms with Gasteiger partial charge in [-0.2, -0.15) is 0 Å². The van der Waals surface area contributed by atoms with E-state index in [1.54, 1.807) is 0 Å². The van der Waals surface area contributed by atoms with E-state index in [1.807, 2.05) is 18.2 Å². The van der Waals surface area contributed by atoms with E-state index in [2.05, 4.69) is 74.3 Å². The molecule has 1 saturated heterocycles. The Balaban J connectivity index is 2.03. The Hall–Kier alpha value is -1.90. The highest BCUT2D eigenvalue weighted by Crippen LogP contribution is 2.48. The Labute approximate surface area is 145 Å². The van der Waals surface area contributed by atoms with E-state index in [0.29, 0.717) is 6.42 Å².